The van der Waals surface area contributed by atoms with E-state index in [1.807, 2.05) is 42.4 Å². The maximum atomic E-state index is 11.6. The van der Waals surface area contributed by atoms with Crippen molar-refractivity contribution in [3.8, 4) is 0 Å². The number of ether oxygens (including phenoxy) is 1. The molecule has 0 bridgehead atoms. The zero-order valence-corrected chi connectivity index (χ0v) is 15.4. The largest absolute Gasteiger partial charge is 0.444 e. The standard InChI is InChI=1S/C15H28N2O3S2/c1-15(2,3)20-14(19)17-10-9-16-13(18)7-5-4-6-12-8-11-21-22-12/h12H,4-11H2,1-3H3,(H,16,18)(H,17,19). The van der Waals surface area contributed by atoms with E-state index >= 15 is 0 Å². The molecule has 0 spiro atoms. The summed E-state index contributed by atoms with van der Waals surface area (Å²) in [5.74, 6) is 1.32. The number of hydrogen-bond acceptors (Lipinski definition) is 5. The van der Waals surface area contributed by atoms with Crippen LogP contribution in [0.2, 0.25) is 0 Å². The molecule has 128 valence electrons. The molecule has 1 unspecified atom stereocenters. The third kappa shape index (κ3) is 10.2. The number of rotatable bonds is 8. The van der Waals surface area contributed by atoms with E-state index in [-0.39, 0.29) is 5.91 Å². The minimum absolute atomic E-state index is 0.0550. The van der Waals surface area contributed by atoms with Crippen LogP contribution in [-0.2, 0) is 9.53 Å². The molecule has 1 atom stereocenters. The first-order valence-corrected chi connectivity index (χ1v) is 10.3. The maximum Gasteiger partial charge on any atom is 0.407 e. The van der Waals surface area contributed by atoms with E-state index in [0.717, 1.165) is 18.1 Å². The fraction of sp³-hybridized carbons (Fsp3) is 0.867. The Morgan fingerprint density at radius 3 is 2.55 bits per heavy atom. The van der Waals surface area contributed by atoms with Crippen LogP contribution in [0.25, 0.3) is 0 Å². The third-order valence-corrected chi connectivity index (χ3v) is 6.03. The molecule has 2 N–H and O–H groups in total. The Morgan fingerprint density at radius 2 is 1.91 bits per heavy atom. The number of carbonyl (C=O) groups is 2. The molecule has 0 aromatic rings. The van der Waals surface area contributed by atoms with Crippen LogP contribution in [0, 0.1) is 0 Å². The van der Waals surface area contributed by atoms with Crippen molar-refractivity contribution in [2.45, 2.75) is 63.7 Å². The lowest BCUT2D eigenvalue weighted by Crippen LogP contribution is -2.37. The van der Waals surface area contributed by atoms with Crippen molar-refractivity contribution in [2.75, 3.05) is 18.8 Å². The smallest absolute Gasteiger partial charge is 0.407 e. The molecule has 2 amide bonds. The first-order valence-electron chi connectivity index (χ1n) is 7.88. The Balaban J connectivity index is 1.93. The van der Waals surface area contributed by atoms with Gasteiger partial charge in [0, 0.05) is 30.5 Å². The molecule has 1 fully saturated rings. The van der Waals surface area contributed by atoms with Gasteiger partial charge >= 0.3 is 6.09 Å². The summed E-state index contributed by atoms with van der Waals surface area (Å²) >= 11 is 0. The second-order valence-electron chi connectivity index (χ2n) is 6.35. The van der Waals surface area contributed by atoms with Gasteiger partial charge in [0.1, 0.15) is 5.60 Å². The number of carbonyl (C=O) groups excluding carboxylic acids is 2. The van der Waals surface area contributed by atoms with Gasteiger partial charge in [-0.3, -0.25) is 4.79 Å². The molecule has 1 aliphatic rings. The van der Waals surface area contributed by atoms with Gasteiger partial charge in [0.05, 0.1) is 0 Å². The van der Waals surface area contributed by atoms with Crippen LogP contribution in [0.1, 0.15) is 52.9 Å². The van der Waals surface area contributed by atoms with Gasteiger partial charge < -0.3 is 15.4 Å². The Kier molecular flexibility index (Phi) is 9.09. The van der Waals surface area contributed by atoms with Crippen molar-refractivity contribution in [1.29, 1.82) is 0 Å². The normalized spacial score (nSPS) is 18.0. The van der Waals surface area contributed by atoms with Gasteiger partial charge in [-0.1, -0.05) is 28.0 Å². The van der Waals surface area contributed by atoms with Gasteiger partial charge in [0.15, 0.2) is 0 Å². The highest BCUT2D eigenvalue weighted by molar-refractivity contribution is 8.77. The number of hydrogen-bond donors (Lipinski definition) is 2. The third-order valence-electron chi connectivity index (χ3n) is 3.02. The molecule has 1 rings (SSSR count). The molecule has 1 aliphatic heterocycles. The van der Waals surface area contributed by atoms with E-state index in [1.165, 1.54) is 18.6 Å². The monoisotopic (exact) mass is 348 g/mol. The molecule has 22 heavy (non-hydrogen) atoms. The van der Waals surface area contributed by atoms with Crippen molar-refractivity contribution in [3.05, 3.63) is 0 Å². The van der Waals surface area contributed by atoms with E-state index < -0.39 is 11.7 Å². The number of unbranched alkanes of at least 4 members (excludes halogenated alkanes) is 1. The van der Waals surface area contributed by atoms with Crippen LogP contribution in [0.5, 0.6) is 0 Å². The van der Waals surface area contributed by atoms with Gasteiger partial charge in [-0.15, -0.1) is 0 Å². The number of alkyl carbamates (subject to hydrolysis) is 1. The molecule has 0 radical (unpaired) electrons. The van der Waals surface area contributed by atoms with Crippen LogP contribution in [0.4, 0.5) is 4.79 Å². The Bertz CT molecular complexity index is 353. The first kappa shape index (κ1) is 19.5. The quantitative estimate of drug-likeness (QED) is 0.520. The van der Waals surface area contributed by atoms with E-state index in [1.54, 1.807) is 0 Å². The summed E-state index contributed by atoms with van der Waals surface area (Å²) in [6.07, 6.45) is 4.68. The molecule has 0 aliphatic carbocycles. The maximum absolute atomic E-state index is 11.6. The summed E-state index contributed by atoms with van der Waals surface area (Å²) < 4.78 is 5.11. The molecule has 0 saturated carbocycles. The van der Waals surface area contributed by atoms with Crippen LogP contribution in [-0.4, -0.2) is 41.7 Å². The second-order valence-corrected chi connectivity index (χ2v) is 9.14. The van der Waals surface area contributed by atoms with Crippen molar-refractivity contribution in [2.24, 2.45) is 0 Å². The van der Waals surface area contributed by atoms with Crippen molar-refractivity contribution in [3.63, 3.8) is 0 Å². The van der Waals surface area contributed by atoms with Gasteiger partial charge in [-0.05, 0) is 40.0 Å². The molecule has 0 aromatic carbocycles. The van der Waals surface area contributed by atoms with Crippen LogP contribution < -0.4 is 10.6 Å². The topological polar surface area (TPSA) is 67.4 Å². The van der Waals surface area contributed by atoms with Crippen molar-refractivity contribution in [1.82, 2.24) is 10.6 Å². The average Bonchev–Trinajstić information content (AvgIpc) is 2.91. The number of amides is 2. The molecule has 0 aromatic heterocycles. The molecular weight excluding hydrogens is 320 g/mol. The minimum Gasteiger partial charge on any atom is -0.444 e. The molecule has 7 heteroatoms. The minimum atomic E-state index is -0.497. The first-order chi connectivity index (χ1) is 10.4. The van der Waals surface area contributed by atoms with Gasteiger partial charge in [0.25, 0.3) is 0 Å². The summed E-state index contributed by atoms with van der Waals surface area (Å²) in [5.41, 5.74) is -0.497. The zero-order chi connectivity index (χ0) is 16.4. The fourth-order valence-electron chi connectivity index (χ4n) is 1.99. The van der Waals surface area contributed by atoms with Crippen molar-refractivity contribution < 1.29 is 14.3 Å². The lowest BCUT2D eigenvalue weighted by molar-refractivity contribution is -0.121. The summed E-state index contributed by atoms with van der Waals surface area (Å²) in [4.78, 5) is 23.0. The van der Waals surface area contributed by atoms with E-state index in [2.05, 4.69) is 10.6 Å². The Morgan fingerprint density at radius 1 is 1.18 bits per heavy atom. The molecule has 1 heterocycles. The van der Waals surface area contributed by atoms with Crippen LogP contribution in [0.3, 0.4) is 0 Å². The highest BCUT2D eigenvalue weighted by atomic mass is 33.1. The predicted molar refractivity (Wildman–Crippen MR) is 94.2 cm³/mol. The Labute approximate surface area is 141 Å². The summed E-state index contributed by atoms with van der Waals surface area (Å²) in [5, 5.41) is 6.21. The predicted octanol–water partition coefficient (Wildman–Crippen LogP) is 3.34. The van der Waals surface area contributed by atoms with Crippen LogP contribution in [0.15, 0.2) is 0 Å². The average molecular weight is 349 g/mol. The molecule has 1 saturated heterocycles. The van der Waals surface area contributed by atoms with E-state index in [4.69, 9.17) is 4.74 Å². The highest BCUT2D eigenvalue weighted by Gasteiger charge is 2.16. The van der Waals surface area contributed by atoms with E-state index in [9.17, 15) is 9.59 Å². The fourth-order valence-corrected chi connectivity index (χ4v) is 5.02. The number of nitrogens with one attached hydrogen (secondary N) is 2. The SMILES string of the molecule is CC(C)(C)OC(=O)NCCNC(=O)CCCCC1CCSS1. The highest BCUT2D eigenvalue weighted by Crippen LogP contribution is 2.39. The van der Waals surface area contributed by atoms with Gasteiger partial charge in [-0.2, -0.15) is 0 Å². The Hall–Kier alpha value is -0.560. The van der Waals surface area contributed by atoms with Crippen LogP contribution >= 0.6 is 21.6 Å². The lowest BCUT2D eigenvalue weighted by atomic mass is 10.1. The second kappa shape index (κ2) is 10.3. The van der Waals surface area contributed by atoms with Gasteiger partial charge in [-0.25, -0.2) is 4.79 Å². The van der Waals surface area contributed by atoms with E-state index in [0.29, 0.717) is 19.5 Å². The van der Waals surface area contributed by atoms with Gasteiger partial charge in [0.2, 0.25) is 5.91 Å². The van der Waals surface area contributed by atoms with Crippen molar-refractivity contribution >= 4 is 33.6 Å². The summed E-state index contributed by atoms with van der Waals surface area (Å²) in [7, 11) is 3.95. The summed E-state index contributed by atoms with van der Waals surface area (Å²) in [6, 6.07) is 0. The molecular formula is C15H28N2O3S2. The molecule has 5 nitrogen and oxygen atoms in total. The lowest BCUT2D eigenvalue weighted by Gasteiger charge is -2.19. The zero-order valence-electron chi connectivity index (χ0n) is 13.8. The summed E-state index contributed by atoms with van der Waals surface area (Å²) in [6.45, 7) is 6.27.